The fourth-order valence-corrected chi connectivity index (χ4v) is 2.84. The largest absolute Gasteiger partial charge is 0.382 e. The first-order valence-electron chi connectivity index (χ1n) is 7.15. The molecule has 2 unspecified atom stereocenters. The minimum Gasteiger partial charge on any atom is -0.382 e. The van der Waals surface area contributed by atoms with Gasteiger partial charge in [0.2, 0.25) is 0 Å². The molecule has 1 N–H and O–H groups in total. The summed E-state index contributed by atoms with van der Waals surface area (Å²) in [6.45, 7) is 12.0. The van der Waals surface area contributed by atoms with Gasteiger partial charge in [-0.15, -0.1) is 0 Å². The highest BCUT2D eigenvalue weighted by Crippen LogP contribution is 2.33. The second kappa shape index (κ2) is 5.38. The molecule has 0 amide bonds. The van der Waals surface area contributed by atoms with Gasteiger partial charge in [0, 0.05) is 23.8 Å². The predicted octanol–water partition coefficient (Wildman–Crippen LogP) is 3.86. The number of nitrogens with one attached hydrogen (secondary N) is 1. The van der Waals surface area contributed by atoms with Crippen molar-refractivity contribution >= 4 is 11.8 Å². The molecule has 1 aromatic rings. The standard InChI is InChI=1S/C17H26N2/c1-6-14-7-9-15(10-8-14)18-16-11-12-19(5)17(3,4)13(16)2/h6-10,13,16,18H,1,11-12H2,2-5H3. The first-order valence-corrected chi connectivity index (χ1v) is 7.15. The zero-order valence-corrected chi connectivity index (χ0v) is 12.6. The van der Waals surface area contributed by atoms with Crippen molar-refractivity contribution in [3.8, 4) is 0 Å². The van der Waals surface area contributed by atoms with Crippen LogP contribution in [0.1, 0.15) is 32.8 Å². The maximum Gasteiger partial charge on any atom is 0.0342 e. The molecular weight excluding hydrogens is 232 g/mol. The van der Waals surface area contributed by atoms with Gasteiger partial charge in [-0.3, -0.25) is 0 Å². The number of hydrogen-bond acceptors (Lipinski definition) is 2. The molecule has 1 aliphatic rings. The van der Waals surface area contributed by atoms with Gasteiger partial charge in [0.15, 0.2) is 0 Å². The van der Waals surface area contributed by atoms with Gasteiger partial charge in [-0.2, -0.15) is 0 Å². The molecule has 0 bridgehead atoms. The predicted molar refractivity (Wildman–Crippen MR) is 84.4 cm³/mol. The van der Waals surface area contributed by atoms with E-state index < -0.39 is 0 Å². The molecule has 1 aromatic carbocycles. The lowest BCUT2D eigenvalue weighted by molar-refractivity contribution is 0.0459. The normalized spacial score (nSPS) is 26.9. The first-order chi connectivity index (χ1) is 8.95. The van der Waals surface area contributed by atoms with E-state index in [0.29, 0.717) is 12.0 Å². The molecule has 0 radical (unpaired) electrons. The molecule has 0 aliphatic carbocycles. The number of nitrogens with zero attached hydrogens (tertiary/aromatic N) is 1. The van der Waals surface area contributed by atoms with Crippen LogP contribution in [0, 0.1) is 5.92 Å². The van der Waals surface area contributed by atoms with E-state index in [1.807, 2.05) is 6.08 Å². The maximum atomic E-state index is 3.79. The third kappa shape index (κ3) is 2.84. The molecule has 2 atom stereocenters. The van der Waals surface area contributed by atoms with E-state index >= 15 is 0 Å². The van der Waals surface area contributed by atoms with Crippen LogP contribution in [0.5, 0.6) is 0 Å². The van der Waals surface area contributed by atoms with Crippen LogP contribution in [0.3, 0.4) is 0 Å². The number of hydrogen-bond donors (Lipinski definition) is 1. The van der Waals surface area contributed by atoms with Crippen molar-refractivity contribution in [3.63, 3.8) is 0 Å². The Hall–Kier alpha value is -1.28. The molecule has 0 saturated carbocycles. The van der Waals surface area contributed by atoms with E-state index in [4.69, 9.17) is 0 Å². The third-order valence-corrected chi connectivity index (χ3v) is 4.98. The Morgan fingerprint density at radius 2 is 1.95 bits per heavy atom. The van der Waals surface area contributed by atoms with Gasteiger partial charge in [0.1, 0.15) is 0 Å². The van der Waals surface area contributed by atoms with Crippen molar-refractivity contribution in [2.45, 2.75) is 38.8 Å². The third-order valence-electron chi connectivity index (χ3n) is 4.98. The van der Waals surface area contributed by atoms with Gasteiger partial charge < -0.3 is 10.2 Å². The second-order valence-corrected chi connectivity index (χ2v) is 6.23. The molecular formula is C17H26N2. The van der Waals surface area contributed by atoms with E-state index in [1.54, 1.807) is 0 Å². The molecule has 0 spiro atoms. The average Bonchev–Trinajstić information content (AvgIpc) is 2.41. The number of likely N-dealkylation sites (tertiary alicyclic amines) is 1. The fourth-order valence-electron chi connectivity index (χ4n) is 2.84. The summed E-state index contributed by atoms with van der Waals surface area (Å²) in [5.74, 6) is 0.616. The van der Waals surface area contributed by atoms with Gasteiger partial charge in [-0.1, -0.05) is 31.7 Å². The number of piperidine rings is 1. The fraction of sp³-hybridized carbons (Fsp3) is 0.529. The van der Waals surface area contributed by atoms with E-state index in [2.05, 4.69) is 68.9 Å². The lowest BCUT2D eigenvalue weighted by Crippen LogP contribution is -2.57. The summed E-state index contributed by atoms with van der Waals surface area (Å²) in [7, 11) is 2.23. The topological polar surface area (TPSA) is 15.3 Å². The van der Waals surface area contributed by atoms with Gasteiger partial charge >= 0.3 is 0 Å². The Bertz CT molecular complexity index is 433. The Morgan fingerprint density at radius 3 is 2.53 bits per heavy atom. The second-order valence-electron chi connectivity index (χ2n) is 6.23. The number of benzene rings is 1. The van der Waals surface area contributed by atoms with E-state index in [9.17, 15) is 0 Å². The SMILES string of the molecule is C=Cc1ccc(NC2CCN(C)C(C)(C)C2C)cc1. The molecule has 0 aromatic heterocycles. The molecule has 1 saturated heterocycles. The van der Waals surface area contributed by atoms with E-state index in [1.165, 1.54) is 17.7 Å². The molecule has 1 aliphatic heterocycles. The van der Waals surface area contributed by atoms with Crippen LogP contribution in [0.4, 0.5) is 5.69 Å². The molecule has 1 heterocycles. The Balaban J connectivity index is 2.08. The summed E-state index contributed by atoms with van der Waals surface area (Å²) < 4.78 is 0. The summed E-state index contributed by atoms with van der Waals surface area (Å²) >= 11 is 0. The van der Waals surface area contributed by atoms with Gasteiger partial charge in [0.25, 0.3) is 0 Å². The highest BCUT2D eigenvalue weighted by Gasteiger charge is 2.39. The lowest BCUT2D eigenvalue weighted by Gasteiger charge is -2.49. The van der Waals surface area contributed by atoms with Crippen molar-refractivity contribution in [2.24, 2.45) is 5.92 Å². The summed E-state index contributed by atoms with van der Waals surface area (Å²) in [5, 5.41) is 3.70. The Kier molecular flexibility index (Phi) is 4.00. The Labute approximate surface area is 117 Å². The number of anilines is 1. The number of rotatable bonds is 3. The highest BCUT2D eigenvalue weighted by atomic mass is 15.2. The first kappa shape index (κ1) is 14.1. The zero-order valence-electron chi connectivity index (χ0n) is 12.6. The lowest BCUT2D eigenvalue weighted by atomic mass is 9.77. The summed E-state index contributed by atoms with van der Waals surface area (Å²) in [5.41, 5.74) is 2.63. The van der Waals surface area contributed by atoms with Crippen LogP contribution in [0.15, 0.2) is 30.8 Å². The van der Waals surface area contributed by atoms with Crippen molar-refractivity contribution in [1.82, 2.24) is 4.90 Å². The van der Waals surface area contributed by atoms with Crippen LogP contribution in [-0.2, 0) is 0 Å². The van der Waals surface area contributed by atoms with Crippen LogP contribution in [0.2, 0.25) is 0 Å². The minimum absolute atomic E-state index is 0.247. The van der Waals surface area contributed by atoms with Gasteiger partial charge in [-0.05, 0) is 50.9 Å². The quantitative estimate of drug-likeness (QED) is 0.885. The van der Waals surface area contributed by atoms with Crippen molar-refractivity contribution < 1.29 is 0 Å². The van der Waals surface area contributed by atoms with E-state index in [0.717, 1.165) is 6.54 Å². The summed E-state index contributed by atoms with van der Waals surface area (Å²) in [6.07, 6.45) is 3.08. The van der Waals surface area contributed by atoms with Crippen molar-refractivity contribution in [3.05, 3.63) is 36.4 Å². The highest BCUT2D eigenvalue weighted by molar-refractivity contribution is 5.54. The van der Waals surface area contributed by atoms with Gasteiger partial charge in [0.05, 0.1) is 0 Å². The average molecular weight is 258 g/mol. The summed E-state index contributed by atoms with van der Waals surface area (Å²) in [4.78, 5) is 2.47. The minimum atomic E-state index is 0.247. The smallest absolute Gasteiger partial charge is 0.0342 e. The van der Waals surface area contributed by atoms with Crippen LogP contribution < -0.4 is 5.32 Å². The van der Waals surface area contributed by atoms with E-state index in [-0.39, 0.29) is 5.54 Å². The molecule has 104 valence electrons. The van der Waals surface area contributed by atoms with Crippen LogP contribution in [-0.4, -0.2) is 30.1 Å². The van der Waals surface area contributed by atoms with Crippen LogP contribution >= 0.6 is 0 Å². The monoisotopic (exact) mass is 258 g/mol. The molecule has 2 rings (SSSR count). The van der Waals surface area contributed by atoms with Crippen molar-refractivity contribution in [1.29, 1.82) is 0 Å². The maximum absolute atomic E-state index is 3.79. The summed E-state index contributed by atoms with van der Waals surface area (Å²) in [6, 6.07) is 9.06. The molecule has 2 nitrogen and oxygen atoms in total. The van der Waals surface area contributed by atoms with Crippen LogP contribution in [0.25, 0.3) is 6.08 Å². The van der Waals surface area contributed by atoms with Crippen molar-refractivity contribution in [2.75, 3.05) is 18.9 Å². The van der Waals surface area contributed by atoms with Gasteiger partial charge in [-0.25, -0.2) is 0 Å². The molecule has 19 heavy (non-hydrogen) atoms. The zero-order chi connectivity index (χ0) is 14.0. The Morgan fingerprint density at radius 1 is 1.32 bits per heavy atom. The molecule has 1 fully saturated rings. The molecule has 2 heteroatoms.